The molecule has 0 radical (unpaired) electrons. The van der Waals surface area contributed by atoms with Crippen molar-refractivity contribution in [3.05, 3.63) is 59.7 Å². The molecule has 0 saturated carbocycles. The Balaban J connectivity index is 1.93. The first-order valence-electron chi connectivity index (χ1n) is 10.5. The van der Waals surface area contributed by atoms with Gasteiger partial charge in [-0.25, -0.2) is 9.59 Å². The van der Waals surface area contributed by atoms with Crippen molar-refractivity contribution in [2.24, 2.45) is 0 Å². The maximum absolute atomic E-state index is 12.6. The quantitative estimate of drug-likeness (QED) is 0.287. The molecule has 0 bridgehead atoms. The van der Waals surface area contributed by atoms with Crippen LogP contribution in [0.5, 0.6) is 17.2 Å². The van der Waals surface area contributed by atoms with E-state index in [-0.39, 0.29) is 18.9 Å². The van der Waals surface area contributed by atoms with Gasteiger partial charge in [0.15, 0.2) is 23.9 Å². The lowest BCUT2D eigenvalue weighted by molar-refractivity contribution is -0.139. The Morgan fingerprint density at radius 3 is 2.47 bits per heavy atom. The van der Waals surface area contributed by atoms with Crippen LogP contribution in [0.15, 0.2) is 48.5 Å². The molecule has 0 spiro atoms. The van der Waals surface area contributed by atoms with Crippen molar-refractivity contribution in [2.75, 3.05) is 26.9 Å². The Bertz CT molecular complexity index is 1040. The molecule has 0 fully saturated rings. The fourth-order valence-electron chi connectivity index (χ4n) is 2.69. The van der Waals surface area contributed by atoms with Crippen molar-refractivity contribution < 1.29 is 38.4 Å². The second kappa shape index (κ2) is 12.3. The molecule has 2 aromatic carbocycles. The summed E-state index contributed by atoms with van der Waals surface area (Å²) in [5, 5.41) is 11.3. The summed E-state index contributed by atoms with van der Waals surface area (Å²) in [6.45, 7) is 5.32. The van der Waals surface area contributed by atoms with Crippen LogP contribution < -0.4 is 19.5 Å². The summed E-state index contributed by atoms with van der Waals surface area (Å²) < 4.78 is 21.1. The van der Waals surface area contributed by atoms with Crippen LogP contribution in [0.1, 0.15) is 36.7 Å². The van der Waals surface area contributed by atoms with Crippen molar-refractivity contribution in [1.29, 1.82) is 0 Å². The molecule has 0 aliphatic rings. The molecule has 0 heterocycles. The van der Waals surface area contributed by atoms with Crippen molar-refractivity contribution in [1.82, 2.24) is 5.32 Å². The van der Waals surface area contributed by atoms with Crippen LogP contribution >= 0.6 is 0 Å². The predicted molar refractivity (Wildman–Crippen MR) is 126 cm³/mol. The number of hydrogen-bond donors (Lipinski definition) is 2. The highest BCUT2D eigenvalue weighted by Crippen LogP contribution is 2.28. The topological polar surface area (TPSA) is 120 Å². The molecule has 0 aliphatic heterocycles. The number of nitrogens with one attached hydrogen (secondary N) is 1. The van der Waals surface area contributed by atoms with Gasteiger partial charge in [-0.2, -0.15) is 0 Å². The monoisotopic (exact) mass is 471 g/mol. The smallest absolute Gasteiger partial charge is 0.407 e. The lowest BCUT2D eigenvalue weighted by Crippen LogP contribution is -2.34. The molecular formula is C25H29NO8. The van der Waals surface area contributed by atoms with Crippen LogP contribution in [0.2, 0.25) is 0 Å². The van der Waals surface area contributed by atoms with E-state index in [1.807, 2.05) is 0 Å². The van der Waals surface area contributed by atoms with Gasteiger partial charge in [0, 0.05) is 5.56 Å². The van der Waals surface area contributed by atoms with E-state index in [9.17, 15) is 14.4 Å². The average Bonchev–Trinajstić information content (AvgIpc) is 2.78. The number of methoxy groups -OCH3 is 1. The molecule has 9 heteroatoms. The van der Waals surface area contributed by atoms with E-state index in [0.717, 1.165) is 0 Å². The first-order chi connectivity index (χ1) is 16.1. The summed E-state index contributed by atoms with van der Waals surface area (Å²) in [5.74, 6) is -0.193. The van der Waals surface area contributed by atoms with E-state index >= 15 is 0 Å². The summed E-state index contributed by atoms with van der Waals surface area (Å²) in [6.07, 6.45) is 2.50. The predicted octanol–water partition coefficient (Wildman–Crippen LogP) is 3.96. The molecule has 0 saturated heterocycles. The third-order valence-electron chi connectivity index (χ3n) is 4.12. The normalized spacial score (nSPS) is 11.1. The lowest BCUT2D eigenvalue weighted by Gasteiger charge is -2.19. The Labute approximate surface area is 198 Å². The minimum atomic E-state index is -1.10. The lowest BCUT2D eigenvalue weighted by atomic mass is 10.1. The van der Waals surface area contributed by atoms with Crippen LogP contribution in [0.25, 0.3) is 6.08 Å². The first kappa shape index (κ1) is 26.2. The van der Waals surface area contributed by atoms with Gasteiger partial charge in [0.25, 0.3) is 0 Å². The maximum atomic E-state index is 12.6. The number of carbonyl (C=O) groups excluding carboxylic acids is 2. The largest absolute Gasteiger partial charge is 0.493 e. The van der Waals surface area contributed by atoms with E-state index in [1.165, 1.54) is 13.2 Å². The molecule has 2 N–H and O–H groups in total. The molecular weight excluding hydrogens is 442 g/mol. The van der Waals surface area contributed by atoms with E-state index < -0.39 is 24.3 Å². The molecule has 0 aromatic heterocycles. The van der Waals surface area contributed by atoms with Crippen LogP contribution in [0.3, 0.4) is 0 Å². The highest BCUT2D eigenvalue weighted by atomic mass is 16.6. The van der Waals surface area contributed by atoms with E-state index in [2.05, 4.69) is 5.32 Å². The Morgan fingerprint density at radius 2 is 1.79 bits per heavy atom. The Morgan fingerprint density at radius 1 is 1.03 bits per heavy atom. The van der Waals surface area contributed by atoms with Gasteiger partial charge >= 0.3 is 12.1 Å². The first-order valence-corrected chi connectivity index (χ1v) is 10.5. The molecule has 0 aliphatic carbocycles. The van der Waals surface area contributed by atoms with E-state index in [4.69, 9.17) is 24.1 Å². The second-order valence-corrected chi connectivity index (χ2v) is 8.10. The summed E-state index contributed by atoms with van der Waals surface area (Å²) in [4.78, 5) is 34.9. The molecule has 2 rings (SSSR count). The zero-order chi connectivity index (χ0) is 25.1. The highest BCUT2D eigenvalue weighted by molar-refractivity contribution is 6.07. The van der Waals surface area contributed by atoms with Gasteiger partial charge in [-0.15, -0.1) is 0 Å². The minimum absolute atomic E-state index is 0.211. The van der Waals surface area contributed by atoms with Gasteiger partial charge in [-0.05, 0) is 56.7 Å². The number of hydrogen-bond acceptors (Lipinski definition) is 7. The summed E-state index contributed by atoms with van der Waals surface area (Å²) in [7, 11) is 1.44. The number of alkyl carbamates (subject to hydrolysis) is 1. The van der Waals surface area contributed by atoms with E-state index in [1.54, 1.807) is 69.3 Å². The second-order valence-electron chi connectivity index (χ2n) is 8.10. The summed E-state index contributed by atoms with van der Waals surface area (Å²) in [6, 6.07) is 11.6. The fraction of sp³-hybridized carbons (Fsp3) is 0.320. The molecule has 0 atom stereocenters. The van der Waals surface area contributed by atoms with Gasteiger partial charge in [-0.3, -0.25) is 4.79 Å². The number of benzene rings is 2. The Hall–Kier alpha value is -4.01. The van der Waals surface area contributed by atoms with Gasteiger partial charge < -0.3 is 29.4 Å². The molecule has 9 nitrogen and oxygen atoms in total. The van der Waals surface area contributed by atoms with Crippen molar-refractivity contribution in [3.8, 4) is 17.2 Å². The van der Waals surface area contributed by atoms with Gasteiger partial charge in [0.05, 0.1) is 13.7 Å². The number of carbonyl (C=O) groups is 3. The fourth-order valence-corrected chi connectivity index (χ4v) is 2.69. The van der Waals surface area contributed by atoms with Crippen LogP contribution in [-0.2, 0) is 9.53 Å². The number of amides is 1. The van der Waals surface area contributed by atoms with Gasteiger partial charge in [0.2, 0.25) is 0 Å². The molecule has 2 aromatic rings. The SMILES string of the molecule is COc1cc(C=CC(=O)c2cccc(OCCNC(=O)OC(C)(C)C)c2)ccc1OCC(=O)O. The number of carboxylic acid groups (broad SMARTS) is 1. The van der Waals surface area contributed by atoms with Crippen molar-refractivity contribution >= 4 is 23.9 Å². The Kier molecular flexibility index (Phi) is 9.49. The third kappa shape index (κ3) is 9.23. The molecule has 0 unspecified atom stereocenters. The minimum Gasteiger partial charge on any atom is -0.493 e. The molecule has 34 heavy (non-hydrogen) atoms. The number of allylic oxidation sites excluding steroid dienone is 1. The van der Waals surface area contributed by atoms with Gasteiger partial charge in [0.1, 0.15) is 18.0 Å². The van der Waals surface area contributed by atoms with Crippen molar-refractivity contribution in [3.63, 3.8) is 0 Å². The molecule has 182 valence electrons. The number of ether oxygens (including phenoxy) is 4. The van der Waals surface area contributed by atoms with Crippen LogP contribution in [-0.4, -0.2) is 55.4 Å². The third-order valence-corrected chi connectivity index (χ3v) is 4.12. The summed E-state index contributed by atoms with van der Waals surface area (Å²) >= 11 is 0. The standard InChI is InChI=1S/C25H29NO8/c1-25(2,3)34-24(30)26-12-13-32-19-7-5-6-18(15-19)20(27)10-8-17-9-11-21(22(14-17)31-4)33-16-23(28)29/h5-11,14-15H,12-13,16H2,1-4H3,(H,26,30)(H,28,29). The zero-order valence-corrected chi connectivity index (χ0v) is 19.6. The number of ketones is 1. The maximum Gasteiger partial charge on any atom is 0.407 e. The van der Waals surface area contributed by atoms with Gasteiger partial charge in [-0.1, -0.05) is 24.3 Å². The van der Waals surface area contributed by atoms with Crippen LogP contribution in [0.4, 0.5) is 4.79 Å². The highest BCUT2D eigenvalue weighted by Gasteiger charge is 2.15. The number of carboxylic acids is 1. The average molecular weight is 472 g/mol. The zero-order valence-electron chi connectivity index (χ0n) is 19.6. The van der Waals surface area contributed by atoms with Crippen LogP contribution in [0, 0.1) is 0 Å². The van der Waals surface area contributed by atoms with E-state index in [0.29, 0.717) is 28.4 Å². The van der Waals surface area contributed by atoms with Crippen molar-refractivity contribution in [2.45, 2.75) is 26.4 Å². The number of rotatable bonds is 11. The number of aliphatic carboxylic acids is 1. The summed E-state index contributed by atoms with van der Waals surface area (Å²) in [5.41, 5.74) is 0.532. The molecule has 1 amide bonds.